The van der Waals surface area contributed by atoms with Gasteiger partial charge in [-0.25, -0.2) is 8.42 Å². The molecule has 124 valence electrons. The summed E-state index contributed by atoms with van der Waals surface area (Å²) in [5.74, 6) is 1.08. The summed E-state index contributed by atoms with van der Waals surface area (Å²) in [6.07, 6.45) is 0. The minimum absolute atomic E-state index is 0.179. The lowest BCUT2D eigenvalue weighted by Gasteiger charge is -2.24. The molecule has 0 aliphatic heterocycles. The highest BCUT2D eigenvalue weighted by Crippen LogP contribution is 2.34. The monoisotopic (exact) mass is 399 g/mol. The molecule has 0 aliphatic carbocycles. The van der Waals surface area contributed by atoms with Crippen molar-refractivity contribution < 1.29 is 17.9 Å². The Hall–Kier alpha value is -1.73. The van der Waals surface area contributed by atoms with E-state index < -0.39 is 10.0 Å². The fraction of sp³-hybridized carbons (Fsp3) is 0.250. The van der Waals surface area contributed by atoms with Crippen molar-refractivity contribution >= 4 is 31.6 Å². The second-order valence-corrected chi connectivity index (χ2v) is 7.35. The highest BCUT2D eigenvalue weighted by molar-refractivity contribution is 9.10. The Labute approximate surface area is 145 Å². The largest absolute Gasteiger partial charge is 0.496 e. The molecule has 0 fully saturated rings. The summed E-state index contributed by atoms with van der Waals surface area (Å²) in [4.78, 5) is 0.179. The summed E-state index contributed by atoms with van der Waals surface area (Å²) < 4.78 is 38.3. The number of benzene rings is 2. The second kappa shape index (κ2) is 7.23. The maximum absolute atomic E-state index is 13.0. The highest BCUT2D eigenvalue weighted by Gasteiger charge is 2.26. The van der Waals surface area contributed by atoms with Gasteiger partial charge in [0.1, 0.15) is 11.5 Å². The Bertz CT molecular complexity index is 792. The molecule has 0 radical (unpaired) electrons. The van der Waals surface area contributed by atoms with E-state index >= 15 is 0 Å². The number of halogens is 1. The molecule has 2 aromatic carbocycles. The fourth-order valence-corrected chi connectivity index (χ4v) is 4.44. The van der Waals surface area contributed by atoms with Crippen molar-refractivity contribution in [1.29, 1.82) is 0 Å². The third kappa shape index (κ3) is 3.45. The van der Waals surface area contributed by atoms with Gasteiger partial charge in [0, 0.05) is 6.54 Å². The molecule has 0 amide bonds. The van der Waals surface area contributed by atoms with Crippen molar-refractivity contribution in [2.24, 2.45) is 0 Å². The van der Waals surface area contributed by atoms with Crippen LogP contribution in [0.4, 0.5) is 5.69 Å². The van der Waals surface area contributed by atoms with E-state index in [1.54, 1.807) is 37.3 Å². The second-order valence-electron chi connectivity index (χ2n) is 4.64. The van der Waals surface area contributed by atoms with Crippen LogP contribution in [0.1, 0.15) is 6.92 Å². The van der Waals surface area contributed by atoms with E-state index in [0.29, 0.717) is 21.7 Å². The van der Waals surface area contributed by atoms with Gasteiger partial charge in [0.2, 0.25) is 0 Å². The van der Waals surface area contributed by atoms with Gasteiger partial charge in [-0.05, 0) is 53.2 Å². The molecular formula is C16H18BrNO4S. The van der Waals surface area contributed by atoms with E-state index in [2.05, 4.69) is 15.9 Å². The smallest absolute Gasteiger partial charge is 0.264 e. The molecule has 0 atom stereocenters. The van der Waals surface area contributed by atoms with Gasteiger partial charge in [-0.1, -0.05) is 12.1 Å². The number of hydrogen-bond donors (Lipinski definition) is 0. The molecule has 0 saturated heterocycles. The quantitative estimate of drug-likeness (QED) is 0.743. The lowest BCUT2D eigenvalue weighted by atomic mass is 10.3. The zero-order chi connectivity index (χ0) is 17.0. The maximum atomic E-state index is 13.0. The summed E-state index contributed by atoms with van der Waals surface area (Å²) in [7, 11) is -0.670. The van der Waals surface area contributed by atoms with Crippen LogP contribution in [0.5, 0.6) is 11.5 Å². The Kier molecular flexibility index (Phi) is 5.54. The lowest BCUT2D eigenvalue weighted by molar-refractivity contribution is 0.411. The number of rotatable bonds is 6. The maximum Gasteiger partial charge on any atom is 0.264 e. The first kappa shape index (κ1) is 17.6. The number of methoxy groups -OCH3 is 2. The van der Waals surface area contributed by atoms with Crippen LogP contribution in [-0.2, 0) is 10.0 Å². The molecule has 0 N–H and O–H groups in total. The molecule has 0 aromatic heterocycles. The average Bonchev–Trinajstić information content (AvgIpc) is 2.55. The number of nitrogens with zero attached hydrogens (tertiary/aromatic N) is 1. The molecule has 0 spiro atoms. The van der Waals surface area contributed by atoms with Crippen LogP contribution in [0.15, 0.2) is 51.8 Å². The van der Waals surface area contributed by atoms with Gasteiger partial charge in [0.25, 0.3) is 10.0 Å². The molecule has 0 bridgehead atoms. The standard InChI is InChI=1S/C16H18BrNO4S/c1-4-18(14-7-5-6-8-16(14)22-3)23(19,20)12-9-10-15(21-2)13(17)11-12/h5-11H,4H2,1-3H3. The number of ether oxygens (including phenoxy) is 2. The molecule has 2 aromatic rings. The zero-order valence-electron chi connectivity index (χ0n) is 13.1. The van der Waals surface area contributed by atoms with Crippen LogP contribution < -0.4 is 13.8 Å². The van der Waals surface area contributed by atoms with Crippen molar-refractivity contribution in [3.05, 3.63) is 46.9 Å². The van der Waals surface area contributed by atoms with Crippen molar-refractivity contribution in [3.8, 4) is 11.5 Å². The Balaban J connectivity index is 2.53. The predicted molar refractivity (Wildman–Crippen MR) is 93.9 cm³/mol. The van der Waals surface area contributed by atoms with Gasteiger partial charge in [-0.2, -0.15) is 0 Å². The normalized spacial score (nSPS) is 11.1. The van der Waals surface area contributed by atoms with E-state index in [1.165, 1.54) is 30.7 Å². The van der Waals surface area contributed by atoms with Gasteiger partial charge in [-0.3, -0.25) is 4.31 Å². The van der Waals surface area contributed by atoms with Crippen molar-refractivity contribution in [2.75, 3.05) is 25.1 Å². The summed E-state index contributed by atoms with van der Waals surface area (Å²) >= 11 is 3.32. The molecule has 0 unspecified atom stereocenters. The van der Waals surface area contributed by atoms with E-state index in [4.69, 9.17) is 9.47 Å². The van der Waals surface area contributed by atoms with Crippen LogP contribution in [0, 0.1) is 0 Å². The molecule has 2 rings (SSSR count). The van der Waals surface area contributed by atoms with Crippen LogP contribution >= 0.6 is 15.9 Å². The summed E-state index contributed by atoms with van der Waals surface area (Å²) in [5, 5.41) is 0. The predicted octanol–water partition coefficient (Wildman–Crippen LogP) is 3.68. The van der Waals surface area contributed by atoms with Gasteiger partial charge in [-0.15, -0.1) is 0 Å². The highest BCUT2D eigenvalue weighted by atomic mass is 79.9. The zero-order valence-corrected chi connectivity index (χ0v) is 15.5. The third-order valence-electron chi connectivity index (χ3n) is 3.35. The number of hydrogen-bond acceptors (Lipinski definition) is 4. The topological polar surface area (TPSA) is 55.8 Å². The SMILES string of the molecule is CCN(c1ccccc1OC)S(=O)(=O)c1ccc(OC)c(Br)c1. The van der Waals surface area contributed by atoms with Crippen molar-refractivity contribution in [1.82, 2.24) is 0 Å². The van der Waals surface area contributed by atoms with Crippen LogP contribution in [-0.4, -0.2) is 29.2 Å². The summed E-state index contributed by atoms with van der Waals surface area (Å²) in [5.41, 5.74) is 0.504. The summed E-state index contributed by atoms with van der Waals surface area (Å²) in [6.45, 7) is 2.06. The van der Waals surface area contributed by atoms with E-state index in [1.807, 2.05) is 0 Å². The fourth-order valence-electron chi connectivity index (χ4n) is 2.24. The van der Waals surface area contributed by atoms with E-state index in [-0.39, 0.29) is 11.4 Å². The molecule has 0 aliphatic rings. The van der Waals surface area contributed by atoms with Crippen molar-refractivity contribution in [3.63, 3.8) is 0 Å². The van der Waals surface area contributed by atoms with Crippen LogP contribution in [0.3, 0.4) is 0 Å². The minimum Gasteiger partial charge on any atom is -0.496 e. The Morgan fingerprint density at radius 2 is 1.70 bits per heavy atom. The van der Waals surface area contributed by atoms with Gasteiger partial charge in [0.15, 0.2) is 0 Å². The third-order valence-corrected chi connectivity index (χ3v) is 5.86. The Morgan fingerprint density at radius 3 is 2.26 bits per heavy atom. The molecule has 5 nitrogen and oxygen atoms in total. The first-order valence-electron chi connectivity index (χ1n) is 6.95. The molecular weight excluding hydrogens is 382 g/mol. The van der Waals surface area contributed by atoms with Crippen LogP contribution in [0.2, 0.25) is 0 Å². The first-order valence-corrected chi connectivity index (χ1v) is 9.18. The van der Waals surface area contributed by atoms with Gasteiger partial charge >= 0.3 is 0 Å². The number of anilines is 1. The molecule has 0 saturated carbocycles. The average molecular weight is 400 g/mol. The number of sulfonamides is 1. The van der Waals surface area contributed by atoms with E-state index in [9.17, 15) is 8.42 Å². The van der Waals surface area contributed by atoms with E-state index in [0.717, 1.165) is 0 Å². The van der Waals surface area contributed by atoms with Crippen molar-refractivity contribution in [2.45, 2.75) is 11.8 Å². The summed E-state index contributed by atoms with van der Waals surface area (Å²) in [6, 6.07) is 11.7. The van der Waals surface area contributed by atoms with Gasteiger partial charge < -0.3 is 9.47 Å². The molecule has 7 heteroatoms. The lowest BCUT2D eigenvalue weighted by Crippen LogP contribution is -2.31. The molecule has 23 heavy (non-hydrogen) atoms. The van der Waals surface area contributed by atoms with Gasteiger partial charge in [0.05, 0.1) is 29.3 Å². The van der Waals surface area contributed by atoms with Crippen LogP contribution in [0.25, 0.3) is 0 Å². The molecule has 0 heterocycles. The number of para-hydroxylation sites is 2. The first-order chi connectivity index (χ1) is 11.0. The minimum atomic E-state index is -3.72. The Morgan fingerprint density at radius 1 is 1.04 bits per heavy atom.